The van der Waals surface area contributed by atoms with Gasteiger partial charge in [-0.2, -0.15) is 4.98 Å². The minimum Gasteiger partial charge on any atom is -0.465 e. The summed E-state index contributed by atoms with van der Waals surface area (Å²) >= 11 is 0. The van der Waals surface area contributed by atoms with Crippen LogP contribution in [-0.2, 0) is 4.79 Å². The summed E-state index contributed by atoms with van der Waals surface area (Å²) in [6.07, 6.45) is 4.02. The molecule has 4 N–H and O–H groups in total. The second-order valence-corrected chi connectivity index (χ2v) is 7.83. The van der Waals surface area contributed by atoms with Crippen molar-refractivity contribution in [2.75, 3.05) is 17.2 Å². The smallest absolute Gasteiger partial charge is 0.405 e. The number of fused-ring (bicyclic) bond motifs is 1. The maximum atomic E-state index is 11.9. The van der Waals surface area contributed by atoms with Gasteiger partial charge in [0.05, 0.1) is 5.52 Å². The molecule has 11 heteroatoms. The second-order valence-electron chi connectivity index (χ2n) is 7.83. The lowest BCUT2D eigenvalue weighted by Gasteiger charge is -2.10. The number of rotatable bonds is 8. The number of anilines is 3. The first-order valence-electron chi connectivity index (χ1n) is 11.2. The Labute approximate surface area is 210 Å². The highest BCUT2D eigenvalue weighted by molar-refractivity contribution is 5.94. The van der Waals surface area contributed by atoms with Crippen LogP contribution in [0.2, 0.25) is 0 Å². The van der Waals surface area contributed by atoms with Gasteiger partial charge in [-0.15, -0.1) is 0 Å². The first-order valence-corrected chi connectivity index (χ1v) is 11.2. The van der Waals surface area contributed by atoms with Crippen molar-refractivity contribution in [3.05, 3.63) is 91.4 Å². The first-order chi connectivity index (χ1) is 18.0. The molecule has 0 unspecified atom stereocenters. The molecule has 5 rings (SSSR count). The molecule has 3 heterocycles. The average molecular weight is 495 g/mol. The molecule has 2 aromatic carbocycles. The van der Waals surface area contributed by atoms with Gasteiger partial charge < -0.3 is 30.4 Å². The molecule has 11 nitrogen and oxygen atoms in total. The maximum absolute atomic E-state index is 11.9. The lowest BCUT2D eigenvalue weighted by Crippen LogP contribution is -2.31. The summed E-state index contributed by atoms with van der Waals surface area (Å²) in [6.45, 7) is -0.352. The molecular weight excluding hydrogens is 474 g/mol. The number of nitrogens with zero attached hydrogens (tertiary/aromatic N) is 4. The molecule has 0 saturated carbocycles. The van der Waals surface area contributed by atoms with Crippen LogP contribution >= 0.6 is 0 Å². The minimum absolute atomic E-state index is 0.302. The van der Waals surface area contributed by atoms with E-state index in [9.17, 15) is 9.59 Å². The average Bonchev–Trinajstić information content (AvgIpc) is 3.32. The maximum Gasteiger partial charge on any atom is 0.405 e. The summed E-state index contributed by atoms with van der Waals surface area (Å²) in [4.78, 5) is 35.4. The standard InChI is InChI=1S/C26H21N7O4/c34-23(16-29-26(35)36)30-18-4-3-5-19(15-18)31-25-28-12-9-24(32-25)37-20-7-8-21-17(14-20)10-13-33(21)22-6-1-2-11-27-22/h1-15,29H,16H2,(H,30,34)(H,35,36)(H,28,31,32). The third kappa shape index (κ3) is 5.80. The van der Waals surface area contributed by atoms with Gasteiger partial charge in [-0.3, -0.25) is 4.79 Å². The molecule has 0 bridgehead atoms. The Morgan fingerprint density at radius 2 is 1.81 bits per heavy atom. The molecule has 0 spiro atoms. The lowest BCUT2D eigenvalue weighted by atomic mass is 10.2. The zero-order valence-electron chi connectivity index (χ0n) is 19.3. The van der Waals surface area contributed by atoms with Crippen molar-refractivity contribution in [1.29, 1.82) is 0 Å². The van der Waals surface area contributed by atoms with E-state index in [0.29, 0.717) is 29.0 Å². The summed E-state index contributed by atoms with van der Waals surface area (Å²) in [5, 5.41) is 17.3. The van der Waals surface area contributed by atoms with Crippen LogP contribution in [0, 0.1) is 0 Å². The van der Waals surface area contributed by atoms with Gasteiger partial charge in [0.1, 0.15) is 18.1 Å². The monoisotopic (exact) mass is 495 g/mol. The van der Waals surface area contributed by atoms with Gasteiger partial charge in [-0.25, -0.2) is 14.8 Å². The van der Waals surface area contributed by atoms with E-state index < -0.39 is 12.0 Å². The van der Waals surface area contributed by atoms with Crippen LogP contribution in [0.3, 0.4) is 0 Å². The summed E-state index contributed by atoms with van der Waals surface area (Å²) < 4.78 is 7.98. The van der Waals surface area contributed by atoms with E-state index in [1.165, 1.54) is 0 Å². The predicted molar refractivity (Wildman–Crippen MR) is 138 cm³/mol. The molecule has 0 fully saturated rings. The third-order valence-corrected chi connectivity index (χ3v) is 5.21. The van der Waals surface area contributed by atoms with Gasteiger partial charge in [0.2, 0.25) is 17.7 Å². The zero-order valence-corrected chi connectivity index (χ0v) is 19.3. The van der Waals surface area contributed by atoms with E-state index >= 15 is 0 Å². The Kier molecular flexibility index (Phi) is 6.57. The fourth-order valence-electron chi connectivity index (χ4n) is 3.62. The minimum atomic E-state index is -1.27. The normalized spacial score (nSPS) is 10.6. The van der Waals surface area contributed by atoms with Crippen molar-refractivity contribution in [1.82, 2.24) is 24.8 Å². The number of carbonyl (C=O) groups is 2. The Morgan fingerprint density at radius 3 is 2.65 bits per heavy atom. The Bertz CT molecular complexity index is 1570. The highest BCUT2D eigenvalue weighted by atomic mass is 16.5. The van der Waals surface area contributed by atoms with Crippen LogP contribution in [0.25, 0.3) is 16.7 Å². The molecule has 0 aliphatic heterocycles. The van der Waals surface area contributed by atoms with E-state index in [2.05, 4.69) is 25.6 Å². The molecule has 37 heavy (non-hydrogen) atoms. The van der Waals surface area contributed by atoms with Crippen molar-refractivity contribution in [2.24, 2.45) is 0 Å². The van der Waals surface area contributed by atoms with E-state index in [-0.39, 0.29) is 6.54 Å². The van der Waals surface area contributed by atoms with Crippen LogP contribution in [0.5, 0.6) is 11.6 Å². The lowest BCUT2D eigenvalue weighted by molar-refractivity contribution is -0.115. The Morgan fingerprint density at radius 1 is 0.919 bits per heavy atom. The summed E-state index contributed by atoms with van der Waals surface area (Å²) in [6, 6.07) is 22.0. The van der Waals surface area contributed by atoms with Gasteiger partial charge >= 0.3 is 6.09 Å². The number of carboxylic acid groups (broad SMARTS) is 1. The number of carbonyl (C=O) groups excluding carboxylic acids is 1. The number of pyridine rings is 1. The van der Waals surface area contributed by atoms with Crippen LogP contribution < -0.4 is 20.7 Å². The number of ether oxygens (including phenoxy) is 1. The number of hydrogen-bond donors (Lipinski definition) is 4. The van der Waals surface area contributed by atoms with Crippen molar-refractivity contribution in [3.8, 4) is 17.4 Å². The molecule has 0 radical (unpaired) electrons. The van der Waals surface area contributed by atoms with Crippen molar-refractivity contribution in [2.45, 2.75) is 0 Å². The SMILES string of the molecule is O=C(O)NCC(=O)Nc1cccc(Nc2nccc(Oc3ccc4c(ccn4-c4ccccn4)c3)n2)c1. The number of nitrogens with one attached hydrogen (secondary N) is 3. The highest BCUT2D eigenvalue weighted by Crippen LogP contribution is 2.27. The second kappa shape index (κ2) is 10.4. The summed E-state index contributed by atoms with van der Waals surface area (Å²) in [5.41, 5.74) is 2.11. The van der Waals surface area contributed by atoms with E-state index in [0.717, 1.165) is 16.7 Å². The van der Waals surface area contributed by atoms with Gasteiger partial charge in [-0.05, 0) is 54.6 Å². The Balaban J connectivity index is 1.27. The predicted octanol–water partition coefficient (Wildman–Crippen LogP) is 4.56. The molecule has 184 valence electrons. The van der Waals surface area contributed by atoms with Gasteiger partial charge in [0.15, 0.2) is 0 Å². The van der Waals surface area contributed by atoms with Crippen molar-refractivity contribution in [3.63, 3.8) is 0 Å². The number of hydrogen-bond acceptors (Lipinski definition) is 7. The summed E-state index contributed by atoms with van der Waals surface area (Å²) in [7, 11) is 0. The summed E-state index contributed by atoms with van der Waals surface area (Å²) in [5.74, 6) is 1.62. The number of benzene rings is 2. The van der Waals surface area contributed by atoms with E-state index in [1.54, 1.807) is 42.7 Å². The van der Waals surface area contributed by atoms with Crippen molar-refractivity contribution >= 4 is 40.2 Å². The molecule has 2 amide bonds. The molecular formula is C26H21N7O4. The fourth-order valence-corrected chi connectivity index (χ4v) is 3.62. The van der Waals surface area contributed by atoms with Gasteiger partial charge in [0.25, 0.3) is 0 Å². The molecule has 0 aliphatic carbocycles. The quantitative estimate of drug-likeness (QED) is 0.245. The number of amides is 2. The van der Waals surface area contributed by atoms with Crippen LogP contribution in [0.1, 0.15) is 0 Å². The van der Waals surface area contributed by atoms with Crippen LogP contribution in [0.15, 0.2) is 91.4 Å². The largest absolute Gasteiger partial charge is 0.465 e. The topological polar surface area (TPSA) is 143 Å². The highest BCUT2D eigenvalue weighted by Gasteiger charge is 2.09. The zero-order chi connectivity index (χ0) is 25.6. The fraction of sp³-hybridized carbons (Fsp3) is 0.0385. The van der Waals surface area contributed by atoms with Gasteiger partial charge in [0, 0.05) is 41.4 Å². The number of aromatic nitrogens is 4. The molecule has 3 aromatic heterocycles. The van der Waals surface area contributed by atoms with Crippen LogP contribution in [-0.4, -0.2) is 43.2 Å². The van der Waals surface area contributed by atoms with E-state index in [4.69, 9.17) is 9.84 Å². The van der Waals surface area contributed by atoms with Crippen LogP contribution in [0.4, 0.5) is 22.1 Å². The molecule has 0 aliphatic rings. The first kappa shape index (κ1) is 23.3. The molecule has 0 atom stereocenters. The molecule has 5 aromatic rings. The van der Waals surface area contributed by atoms with E-state index in [1.807, 2.05) is 58.5 Å². The van der Waals surface area contributed by atoms with Gasteiger partial charge in [-0.1, -0.05) is 12.1 Å². The molecule has 0 saturated heterocycles. The Hall–Kier alpha value is -5.45. The van der Waals surface area contributed by atoms with Crippen molar-refractivity contribution < 1.29 is 19.4 Å². The third-order valence-electron chi connectivity index (χ3n) is 5.21.